The van der Waals surface area contributed by atoms with Crippen molar-refractivity contribution in [2.75, 3.05) is 18.0 Å². The lowest BCUT2D eigenvalue weighted by atomic mass is 9.87. The maximum absolute atomic E-state index is 9.67. The lowest BCUT2D eigenvalue weighted by Crippen LogP contribution is -2.34. The smallest absolute Gasteiger partial charge is 0.227 e. The van der Waals surface area contributed by atoms with Gasteiger partial charge in [0.05, 0.1) is 6.61 Å². The highest BCUT2D eigenvalue weighted by Crippen LogP contribution is 2.33. The fourth-order valence-electron chi connectivity index (χ4n) is 4.62. The largest absolute Gasteiger partial charge is 0.392 e. The Bertz CT molecular complexity index is 1170. The van der Waals surface area contributed by atoms with Crippen LogP contribution in [0.5, 0.6) is 0 Å². The molecule has 5 rings (SSSR count). The quantitative estimate of drug-likeness (QED) is 0.564. The van der Waals surface area contributed by atoms with Crippen molar-refractivity contribution in [2.45, 2.75) is 25.4 Å². The second kappa shape index (κ2) is 7.88. The summed E-state index contributed by atoms with van der Waals surface area (Å²) in [4.78, 5) is 6.55. The summed E-state index contributed by atoms with van der Waals surface area (Å²) < 4.78 is 2.09. The van der Waals surface area contributed by atoms with Crippen LogP contribution in [-0.2, 0) is 13.7 Å². The van der Waals surface area contributed by atoms with Gasteiger partial charge in [-0.25, -0.2) is 0 Å². The molecular weight excluding hydrogens is 374 g/mol. The van der Waals surface area contributed by atoms with Crippen LogP contribution in [0, 0.1) is 0 Å². The summed E-state index contributed by atoms with van der Waals surface area (Å²) in [6, 6.07) is 16.5. The molecule has 4 aromatic rings. The second-order valence-corrected chi connectivity index (χ2v) is 7.90. The molecular formula is C24H25N5O. The van der Waals surface area contributed by atoms with Crippen LogP contribution in [0.4, 0.5) is 5.95 Å². The molecule has 3 heterocycles. The first-order valence-corrected chi connectivity index (χ1v) is 10.4. The first-order chi connectivity index (χ1) is 14.8. The minimum absolute atomic E-state index is 0.101. The van der Waals surface area contributed by atoms with Crippen LogP contribution >= 0.6 is 0 Å². The third kappa shape index (κ3) is 3.23. The molecule has 30 heavy (non-hydrogen) atoms. The van der Waals surface area contributed by atoms with Gasteiger partial charge in [-0.3, -0.25) is 9.55 Å². The number of aromatic nitrogens is 4. The van der Waals surface area contributed by atoms with Gasteiger partial charge in [0.25, 0.3) is 0 Å². The number of piperidine rings is 1. The van der Waals surface area contributed by atoms with Crippen LogP contribution in [0.15, 0.2) is 60.9 Å². The standard InChI is InChI=1S/C24H25N5O/c1-28-23(22-8-4-6-18-15-25-12-9-21(18)22)26-27-24(28)29-13-10-17(11-14-29)20-7-3-2-5-19(20)16-30/h2-9,12,15,17,30H,10-11,13-14,16H2,1H3. The number of hydrogen-bond acceptors (Lipinski definition) is 5. The minimum Gasteiger partial charge on any atom is -0.392 e. The van der Waals surface area contributed by atoms with Gasteiger partial charge in [-0.05, 0) is 41.3 Å². The zero-order chi connectivity index (χ0) is 20.5. The number of aliphatic hydroxyl groups excluding tert-OH is 1. The van der Waals surface area contributed by atoms with Crippen LogP contribution in [-0.4, -0.2) is 37.9 Å². The van der Waals surface area contributed by atoms with Crippen molar-refractivity contribution in [3.8, 4) is 11.4 Å². The monoisotopic (exact) mass is 399 g/mol. The average molecular weight is 399 g/mol. The number of hydrogen-bond donors (Lipinski definition) is 1. The van der Waals surface area contributed by atoms with Crippen LogP contribution in [0.1, 0.15) is 29.9 Å². The van der Waals surface area contributed by atoms with E-state index in [0.29, 0.717) is 5.92 Å². The zero-order valence-electron chi connectivity index (χ0n) is 17.1. The zero-order valence-corrected chi connectivity index (χ0v) is 17.1. The molecule has 1 N–H and O–H groups in total. The number of benzene rings is 2. The maximum atomic E-state index is 9.67. The molecule has 0 radical (unpaired) electrons. The van der Waals surface area contributed by atoms with E-state index >= 15 is 0 Å². The third-order valence-corrected chi connectivity index (χ3v) is 6.22. The number of rotatable bonds is 4. The van der Waals surface area contributed by atoms with Gasteiger partial charge in [0.15, 0.2) is 5.82 Å². The van der Waals surface area contributed by atoms with Crippen molar-refractivity contribution in [3.63, 3.8) is 0 Å². The molecule has 0 amide bonds. The van der Waals surface area contributed by atoms with Crippen molar-refractivity contribution in [1.82, 2.24) is 19.7 Å². The summed E-state index contributed by atoms with van der Waals surface area (Å²) in [5.74, 6) is 2.25. The van der Waals surface area contributed by atoms with Crippen LogP contribution in [0.3, 0.4) is 0 Å². The highest BCUT2D eigenvalue weighted by atomic mass is 16.3. The predicted molar refractivity (Wildman–Crippen MR) is 118 cm³/mol. The minimum atomic E-state index is 0.101. The van der Waals surface area contributed by atoms with Crippen molar-refractivity contribution >= 4 is 16.7 Å². The van der Waals surface area contributed by atoms with Gasteiger partial charge < -0.3 is 10.0 Å². The van der Waals surface area contributed by atoms with Gasteiger partial charge in [0.2, 0.25) is 5.95 Å². The van der Waals surface area contributed by atoms with Gasteiger partial charge in [-0.15, -0.1) is 10.2 Å². The van der Waals surface area contributed by atoms with E-state index in [4.69, 9.17) is 0 Å². The molecule has 152 valence electrons. The Morgan fingerprint density at radius 1 is 1.00 bits per heavy atom. The van der Waals surface area contributed by atoms with Gasteiger partial charge in [-0.1, -0.05) is 42.5 Å². The molecule has 6 heteroatoms. The summed E-state index contributed by atoms with van der Waals surface area (Å²) >= 11 is 0. The molecule has 0 unspecified atom stereocenters. The Morgan fingerprint density at radius 2 is 1.83 bits per heavy atom. The molecule has 6 nitrogen and oxygen atoms in total. The van der Waals surface area contributed by atoms with E-state index in [2.05, 4.69) is 48.9 Å². The van der Waals surface area contributed by atoms with E-state index in [1.165, 1.54) is 5.56 Å². The second-order valence-electron chi connectivity index (χ2n) is 7.90. The number of nitrogens with zero attached hydrogens (tertiary/aromatic N) is 5. The molecule has 0 atom stereocenters. The Morgan fingerprint density at radius 3 is 2.67 bits per heavy atom. The first-order valence-electron chi connectivity index (χ1n) is 10.4. The maximum Gasteiger partial charge on any atom is 0.227 e. The van der Waals surface area contributed by atoms with Crippen LogP contribution in [0.2, 0.25) is 0 Å². The lowest BCUT2D eigenvalue weighted by Gasteiger charge is -2.33. The van der Waals surface area contributed by atoms with Crippen LogP contribution in [0.25, 0.3) is 22.2 Å². The molecule has 1 aliphatic rings. The third-order valence-electron chi connectivity index (χ3n) is 6.22. The van der Waals surface area contributed by atoms with E-state index in [-0.39, 0.29) is 6.61 Å². The van der Waals surface area contributed by atoms with E-state index in [9.17, 15) is 5.11 Å². The summed E-state index contributed by atoms with van der Waals surface area (Å²) in [6.07, 6.45) is 5.78. The number of pyridine rings is 1. The van der Waals surface area contributed by atoms with Gasteiger partial charge in [-0.2, -0.15) is 0 Å². The van der Waals surface area contributed by atoms with Crippen molar-refractivity contribution < 1.29 is 5.11 Å². The molecule has 1 aliphatic heterocycles. The lowest BCUT2D eigenvalue weighted by molar-refractivity contribution is 0.279. The highest BCUT2D eigenvalue weighted by Gasteiger charge is 2.25. The van der Waals surface area contributed by atoms with Crippen molar-refractivity contribution in [3.05, 3.63) is 72.1 Å². The summed E-state index contributed by atoms with van der Waals surface area (Å²) in [5, 5.41) is 21.0. The number of aliphatic hydroxyl groups is 1. The average Bonchev–Trinajstić information content (AvgIpc) is 3.19. The van der Waals surface area contributed by atoms with Gasteiger partial charge in [0, 0.05) is 43.5 Å². The highest BCUT2D eigenvalue weighted by molar-refractivity contribution is 5.94. The fourth-order valence-corrected chi connectivity index (χ4v) is 4.62. The Balaban J connectivity index is 1.39. The molecule has 1 saturated heterocycles. The summed E-state index contributed by atoms with van der Waals surface area (Å²) in [6.45, 7) is 1.95. The molecule has 1 fully saturated rings. The van der Waals surface area contributed by atoms with E-state index in [0.717, 1.165) is 59.6 Å². The Hall–Kier alpha value is -3.25. The number of anilines is 1. The van der Waals surface area contributed by atoms with E-state index in [1.807, 2.05) is 43.7 Å². The number of fused-ring (bicyclic) bond motifs is 1. The first kappa shape index (κ1) is 18.8. The Kier molecular flexibility index (Phi) is 4.93. The molecule has 2 aromatic heterocycles. The van der Waals surface area contributed by atoms with Gasteiger partial charge in [0.1, 0.15) is 0 Å². The molecule has 0 bridgehead atoms. The van der Waals surface area contributed by atoms with E-state index in [1.54, 1.807) is 0 Å². The predicted octanol–water partition coefficient (Wildman–Crippen LogP) is 3.91. The molecule has 0 aliphatic carbocycles. The van der Waals surface area contributed by atoms with E-state index < -0.39 is 0 Å². The summed E-state index contributed by atoms with van der Waals surface area (Å²) in [5.41, 5.74) is 3.40. The topological polar surface area (TPSA) is 67.1 Å². The van der Waals surface area contributed by atoms with Crippen LogP contribution < -0.4 is 4.90 Å². The molecule has 0 spiro atoms. The Labute approximate surface area is 175 Å². The fraction of sp³-hybridized carbons (Fsp3) is 0.292. The molecule has 0 saturated carbocycles. The SMILES string of the molecule is Cn1c(-c2cccc3cnccc23)nnc1N1CCC(c2ccccc2CO)CC1. The van der Waals surface area contributed by atoms with Gasteiger partial charge >= 0.3 is 0 Å². The molecule has 2 aromatic carbocycles. The van der Waals surface area contributed by atoms with Crippen molar-refractivity contribution in [2.24, 2.45) is 7.05 Å². The van der Waals surface area contributed by atoms with Crippen molar-refractivity contribution in [1.29, 1.82) is 0 Å². The normalized spacial score (nSPS) is 15.1. The summed E-state index contributed by atoms with van der Waals surface area (Å²) in [7, 11) is 2.04.